The molecule has 0 aromatic rings. The van der Waals surface area contributed by atoms with Crippen LogP contribution in [0.2, 0.25) is 0 Å². The maximum atomic E-state index is 10.2. The maximum absolute atomic E-state index is 10.2. The van der Waals surface area contributed by atoms with Crippen molar-refractivity contribution in [3.05, 3.63) is 0 Å². The van der Waals surface area contributed by atoms with Gasteiger partial charge in [-0.1, -0.05) is 0 Å². The Bertz CT molecular complexity index is 126. The van der Waals surface area contributed by atoms with E-state index in [1.54, 1.807) is 0 Å². The topological polar surface area (TPSA) is 60.8 Å². The maximum Gasteiger partial charge on any atom is 0.402 e. The molecule has 0 aromatic carbocycles. The molecule has 0 bridgehead atoms. The standard InChI is InChI=1S/C3H8NO3P/c5-8(6,7)4-2-1-3-4/h1-3H2,(H2,5,6,7). The summed E-state index contributed by atoms with van der Waals surface area (Å²) in [6.07, 6.45) is 0.908. The van der Waals surface area contributed by atoms with E-state index < -0.39 is 7.75 Å². The van der Waals surface area contributed by atoms with Crippen LogP contribution in [0, 0.1) is 0 Å². The van der Waals surface area contributed by atoms with Crippen LogP contribution < -0.4 is 0 Å². The second-order valence-electron chi connectivity index (χ2n) is 1.82. The van der Waals surface area contributed by atoms with Crippen molar-refractivity contribution >= 4 is 7.75 Å². The van der Waals surface area contributed by atoms with E-state index in [-0.39, 0.29) is 0 Å². The highest BCUT2D eigenvalue weighted by molar-refractivity contribution is 7.49. The largest absolute Gasteiger partial charge is 0.402 e. The molecule has 5 heteroatoms. The van der Waals surface area contributed by atoms with Crippen LogP contribution in [0.15, 0.2) is 0 Å². The first-order valence-corrected chi connectivity index (χ1v) is 3.98. The highest BCUT2D eigenvalue weighted by Gasteiger charge is 2.29. The predicted molar refractivity (Wildman–Crippen MR) is 28.2 cm³/mol. The summed E-state index contributed by atoms with van der Waals surface area (Å²) in [7, 11) is -3.84. The van der Waals surface area contributed by atoms with Gasteiger partial charge in [0, 0.05) is 13.1 Å². The molecule has 1 fully saturated rings. The first kappa shape index (κ1) is 6.23. The molecule has 0 atom stereocenters. The van der Waals surface area contributed by atoms with Gasteiger partial charge in [0.15, 0.2) is 0 Å². The zero-order valence-corrected chi connectivity index (χ0v) is 5.21. The van der Waals surface area contributed by atoms with Gasteiger partial charge in [-0.15, -0.1) is 0 Å². The van der Waals surface area contributed by atoms with Crippen molar-refractivity contribution in [2.75, 3.05) is 13.1 Å². The predicted octanol–water partition coefficient (Wildman–Crippen LogP) is -0.215. The third kappa shape index (κ3) is 1.09. The van der Waals surface area contributed by atoms with Crippen LogP contribution in [0.5, 0.6) is 0 Å². The molecule has 0 spiro atoms. The normalized spacial score (nSPS) is 22.8. The summed E-state index contributed by atoms with van der Waals surface area (Å²) < 4.78 is 11.4. The van der Waals surface area contributed by atoms with Crippen LogP contribution in [0.1, 0.15) is 6.42 Å². The number of hydrogen-bond donors (Lipinski definition) is 2. The van der Waals surface area contributed by atoms with Gasteiger partial charge in [-0.05, 0) is 6.42 Å². The van der Waals surface area contributed by atoms with E-state index in [0.717, 1.165) is 11.1 Å². The van der Waals surface area contributed by atoms with E-state index in [0.29, 0.717) is 13.1 Å². The second-order valence-corrected chi connectivity index (χ2v) is 3.41. The Balaban J connectivity index is 2.46. The molecule has 1 rings (SSSR count). The summed E-state index contributed by atoms with van der Waals surface area (Å²) in [6, 6.07) is 0. The summed E-state index contributed by atoms with van der Waals surface area (Å²) in [5.41, 5.74) is 0. The molecule has 1 aliphatic rings. The van der Waals surface area contributed by atoms with Gasteiger partial charge in [0.2, 0.25) is 0 Å². The summed E-state index contributed by atoms with van der Waals surface area (Å²) in [4.78, 5) is 16.7. The molecular formula is C3H8NO3P. The van der Waals surface area contributed by atoms with Gasteiger partial charge < -0.3 is 9.79 Å². The number of nitrogens with zero attached hydrogens (tertiary/aromatic N) is 1. The Morgan fingerprint density at radius 2 is 1.88 bits per heavy atom. The molecule has 2 N–H and O–H groups in total. The van der Waals surface area contributed by atoms with Gasteiger partial charge >= 0.3 is 7.75 Å². The lowest BCUT2D eigenvalue weighted by Gasteiger charge is -2.30. The fraction of sp³-hybridized carbons (Fsp3) is 1.00. The lowest BCUT2D eigenvalue weighted by Crippen LogP contribution is -2.33. The average molecular weight is 137 g/mol. The van der Waals surface area contributed by atoms with Gasteiger partial charge in [-0.2, -0.15) is 0 Å². The third-order valence-electron chi connectivity index (χ3n) is 1.20. The first-order valence-electron chi connectivity index (χ1n) is 2.42. The summed E-state index contributed by atoms with van der Waals surface area (Å²) in [5.74, 6) is 0. The molecule has 1 saturated heterocycles. The van der Waals surface area contributed by atoms with E-state index in [1.165, 1.54) is 0 Å². The van der Waals surface area contributed by atoms with E-state index in [4.69, 9.17) is 9.79 Å². The van der Waals surface area contributed by atoms with Crippen LogP contribution in [0.25, 0.3) is 0 Å². The van der Waals surface area contributed by atoms with E-state index in [9.17, 15) is 4.57 Å². The Labute approximate surface area is 47.3 Å². The molecule has 0 aliphatic carbocycles. The summed E-state index contributed by atoms with van der Waals surface area (Å²) >= 11 is 0. The molecule has 0 saturated carbocycles. The fourth-order valence-corrected chi connectivity index (χ4v) is 1.36. The molecule has 0 amide bonds. The molecule has 0 radical (unpaired) electrons. The first-order chi connectivity index (χ1) is 3.61. The lowest BCUT2D eigenvalue weighted by atomic mass is 10.3. The van der Waals surface area contributed by atoms with Crippen LogP contribution in [-0.4, -0.2) is 27.5 Å². The van der Waals surface area contributed by atoms with E-state index in [2.05, 4.69) is 0 Å². The van der Waals surface area contributed by atoms with Crippen molar-refractivity contribution in [2.24, 2.45) is 0 Å². The molecular weight excluding hydrogens is 129 g/mol. The fourth-order valence-electron chi connectivity index (χ4n) is 0.560. The number of hydrogen-bond acceptors (Lipinski definition) is 1. The second kappa shape index (κ2) is 1.81. The lowest BCUT2D eigenvalue weighted by molar-refractivity contribution is 0.216. The van der Waals surface area contributed by atoms with Crippen LogP contribution in [-0.2, 0) is 4.57 Å². The molecule has 0 aromatic heterocycles. The minimum absolute atomic E-state index is 0.546. The van der Waals surface area contributed by atoms with Crippen molar-refractivity contribution < 1.29 is 14.4 Å². The molecule has 8 heavy (non-hydrogen) atoms. The van der Waals surface area contributed by atoms with Gasteiger partial charge in [0.05, 0.1) is 0 Å². The minimum Gasteiger partial charge on any atom is -0.312 e. The van der Waals surface area contributed by atoms with Crippen LogP contribution >= 0.6 is 7.75 Å². The van der Waals surface area contributed by atoms with E-state index >= 15 is 0 Å². The van der Waals surface area contributed by atoms with Crippen molar-refractivity contribution in [1.29, 1.82) is 0 Å². The minimum atomic E-state index is -3.84. The SMILES string of the molecule is O=P(O)(O)N1CCC1. The Hall–Kier alpha value is 0.110. The highest BCUT2D eigenvalue weighted by atomic mass is 31.2. The monoisotopic (exact) mass is 137 g/mol. The van der Waals surface area contributed by atoms with Crippen molar-refractivity contribution in [1.82, 2.24) is 4.67 Å². The highest BCUT2D eigenvalue weighted by Crippen LogP contribution is 2.43. The summed E-state index contributed by atoms with van der Waals surface area (Å²) in [5, 5.41) is 0. The Morgan fingerprint density at radius 1 is 1.38 bits per heavy atom. The smallest absolute Gasteiger partial charge is 0.312 e. The van der Waals surface area contributed by atoms with Gasteiger partial charge in [0.25, 0.3) is 0 Å². The molecule has 4 nitrogen and oxygen atoms in total. The van der Waals surface area contributed by atoms with Crippen molar-refractivity contribution in [2.45, 2.75) is 6.42 Å². The van der Waals surface area contributed by atoms with E-state index in [1.807, 2.05) is 0 Å². The van der Waals surface area contributed by atoms with Gasteiger partial charge in [0.1, 0.15) is 0 Å². The zero-order chi connectivity index (χ0) is 6.20. The van der Waals surface area contributed by atoms with Gasteiger partial charge in [-0.3, -0.25) is 0 Å². The van der Waals surface area contributed by atoms with Crippen LogP contribution in [0.4, 0.5) is 0 Å². The van der Waals surface area contributed by atoms with Gasteiger partial charge in [-0.25, -0.2) is 9.24 Å². The zero-order valence-electron chi connectivity index (χ0n) is 4.32. The third-order valence-corrected chi connectivity index (χ3v) is 2.34. The molecule has 1 aliphatic heterocycles. The van der Waals surface area contributed by atoms with Crippen molar-refractivity contribution in [3.8, 4) is 0 Å². The van der Waals surface area contributed by atoms with Crippen LogP contribution in [0.3, 0.4) is 0 Å². The van der Waals surface area contributed by atoms with Crippen molar-refractivity contribution in [3.63, 3.8) is 0 Å². The average Bonchev–Trinajstić information content (AvgIpc) is 1.16. The Kier molecular flexibility index (Phi) is 1.41. The number of rotatable bonds is 1. The molecule has 48 valence electrons. The Morgan fingerprint density at radius 3 is 1.88 bits per heavy atom. The molecule has 1 heterocycles. The quantitative estimate of drug-likeness (QED) is 0.490. The molecule has 0 unspecified atom stereocenters. The summed E-state index contributed by atoms with van der Waals surface area (Å²) in [6.45, 7) is 1.09.